The monoisotopic (exact) mass is 721 g/mol. The number of hydrogen-bond donors (Lipinski definition) is 0. The van der Waals surface area contributed by atoms with Crippen LogP contribution in [-0.2, 0) is 0 Å². The molecule has 9 aromatic carbocycles. The van der Waals surface area contributed by atoms with Crippen molar-refractivity contribution in [3.8, 4) is 34.0 Å². The molecule has 0 saturated carbocycles. The molecular formula is C51H32ClN3. The highest BCUT2D eigenvalue weighted by Crippen LogP contribution is 2.48. The lowest BCUT2D eigenvalue weighted by atomic mass is 9.90. The minimum atomic E-state index is 0.621. The molecule has 0 saturated heterocycles. The molecule has 0 aliphatic carbocycles. The Balaban J connectivity index is 1.28. The van der Waals surface area contributed by atoms with Gasteiger partial charge in [-0.25, -0.2) is 0 Å². The highest BCUT2D eigenvalue weighted by Gasteiger charge is 2.25. The van der Waals surface area contributed by atoms with Crippen LogP contribution in [0.25, 0.3) is 71.3 Å². The van der Waals surface area contributed by atoms with Gasteiger partial charge in [-0.05, 0) is 87.6 Å². The van der Waals surface area contributed by atoms with Gasteiger partial charge < -0.3 is 9.47 Å². The second kappa shape index (κ2) is 13.4. The summed E-state index contributed by atoms with van der Waals surface area (Å²) in [5.74, 6) is 0. The molecule has 0 spiro atoms. The predicted octanol–water partition coefficient (Wildman–Crippen LogP) is 14.4. The van der Waals surface area contributed by atoms with E-state index in [1.54, 1.807) is 0 Å². The number of rotatable bonds is 6. The second-order valence-electron chi connectivity index (χ2n) is 13.8. The van der Waals surface area contributed by atoms with Crippen molar-refractivity contribution in [3.63, 3.8) is 0 Å². The minimum Gasteiger partial charge on any atom is -0.310 e. The van der Waals surface area contributed by atoms with Crippen LogP contribution in [-0.4, -0.2) is 4.57 Å². The van der Waals surface area contributed by atoms with Crippen molar-refractivity contribution in [1.29, 1.82) is 5.26 Å². The number of hydrogen-bond acceptors (Lipinski definition) is 2. The van der Waals surface area contributed by atoms with Crippen molar-refractivity contribution < 1.29 is 0 Å². The van der Waals surface area contributed by atoms with Crippen LogP contribution in [0, 0.1) is 11.3 Å². The van der Waals surface area contributed by atoms with E-state index in [9.17, 15) is 5.26 Å². The summed E-state index contributed by atoms with van der Waals surface area (Å²) in [5.41, 5.74) is 10.9. The zero-order valence-corrected chi connectivity index (χ0v) is 30.5. The maximum absolute atomic E-state index is 11.0. The van der Waals surface area contributed by atoms with Crippen LogP contribution in [0.5, 0.6) is 0 Å². The number of halogens is 1. The lowest BCUT2D eigenvalue weighted by Gasteiger charge is -2.27. The van der Waals surface area contributed by atoms with Gasteiger partial charge in [-0.15, -0.1) is 0 Å². The van der Waals surface area contributed by atoms with Gasteiger partial charge in [0.1, 0.15) is 6.07 Å². The number of anilines is 3. The topological polar surface area (TPSA) is 32.0 Å². The van der Waals surface area contributed by atoms with E-state index in [0.29, 0.717) is 10.6 Å². The molecule has 0 bridgehead atoms. The third kappa shape index (κ3) is 5.43. The van der Waals surface area contributed by atoms with Gasteiger partial charge in [0.25, 0.3) is 0 Å². The van der Waals surface area contributed by atoms with E-state index in [1.165, 1.54) is 0 Å². The molecule has 1 aromatic heterocycles. The van der Waals surface area contributed by atoms with Crippen molar-refractivity contribution in [2.45, 2.75) is 0 Å². The lowest BCUT2D eigenvalue weighted by Crippen LogP contribution is -2.10. The van der Waals surface area contributed by atoms with Crippen LogP contribution in [0.4, 0.5) is 17.1 Å². The third-order valence-corrected chi connectivity index (χ3v) is 10.8. The van der Waals surface area contributed by atoms with Gasteiger partial charge in [0.15, 0.2) is 0 Å². The van der Waals surface area contributed by atoms with Crippen LogP contribution in [0.2, 0.25) is 5.02 Å². The summed E-state index contributed by atoms with van der Waals surface area (Å²) in [4.78, 5) is 2.29. The number of fused-ring (bicyclic) bond motifs is 5. The number of para-hydroxylation sites is 2. The maximum atomic E-state index is 11.0. The van der Waals surface area contributed by atoms with E-state index < -0.39 is 0 Å². The first-order chi connectivity index (χ1) is 27.2. The summed E-state index contributed by atoms with van der Waals surface area (Å²) in [5, 5.41) is 17.9. The highest BCUT2D eigenvalue weighted by molar-refractivity contribution is 6.32. The van der Waals surface area contributed by atoms with Crippen LogP contribution < -0.4 is 4.90 Å². The molecule has 0 atom stereocenters. The second-order valence-corrected chi connectivity index (χ2v) is 14.2. The van der Waals surface area contributed by atoms with Gasteiger partial charge in [0, 0.05) is 43.6 Å². The first-order valence-electron chi connectivity index (χ1n) is 18.4. The fraction of sp³-hybridized carbons (Fsp3) is 0. The number of nitrogens with zero attached hydrogens (tertiary/aromatic N) is 3. The SMILES string of the molecule is N#Cc1c2ccccc2c(-c2cc(Cl)cc(N(c3ccccc3)c3cccc4ccccc34)c2)c2c3ccccc3n(-c3ccc(-c4ccccc4)cc3)c12. The van der Waals surface area contributed by atoms with Crippen LogP contribution in [0.1, 0.15) is 5.56 Å². The molecule has 10 rings (SSSR count). The third-order valence-electron chi connectivity index (χ3n) is 10.6. The average Bonchev–Trinajstić information content (AvgIpc) is 3.58. The molecular weight excluding hydrogens is 690 g/mol. The molecule has 0 aliphatic rings. The number of benzene rings is 9. The van der Waals surface area contributed by atoms with Crippen molar-refractivity contribution >= 4 is 72.0 Å². The van der Waals surface area contributed by atoms with E-state index in [4.69, 9.17) is 11.6 Å². The smallest absolute Gasteiger partial charge is 0.102 e. The summed E-state index contributed by atoms with van der Waals surface area (Å²) in [6, 6.07) is 70.1. The minimum absolute atomic E-state index is 0.621. The summed E-state index contributed by atoms with van der Waals surface area (Å²) in [6.45, 7) is 0. The van der Waals surface area contributed by atoms with Crippen molar-refractivity contribution in [1.82, 2.24) is 4.57 Å². The van der Waals surface area contributed by atoms with Crippen LogP contribution in [0.15, 0.2) is 194 Å². The number of aromatic nitrogens is 1. The van der Waals surface area contributed by atoms with E-state index >= 15 is 0 Å². The molecule has 0 aliphatic heterocycles. The van der Waals surface area contributed by atoms with Gasteiger partial charge in [-0.2, -0.15) is 5.26 Å². The molecule has 0 amide bonds. The van der Waals surface area contributed by atoms with Gasteiger partial charge in [-0.1, -0.05) is 151 Å². The molecule has 4 heteroatoms. The van der Waals surface area contributed by atoms with Crippen molar-refractivity contribution in [3.05, 3.63) is 205 Å². The van der Waals surface area contributed by atoms with Gasteiger partial charge in [0.05, 0.1) is 22.3 Å². The molecule has 0 unspecified atom stereocenters. The van der Waals surface area contributed by atoms with E-state index in [2.05, 4.69) is 185 Å². The summed E-state index contributed by atoms with van der Waals surface area (Å²) >= 11 is 7.20. The molecule has 55 heavy (non-hydrogen) atoms. The first kappa shape index (κ1) is 32.5. The summed E-state index contributed by atoms with van der Waals surface area (Å²) < 4.78 is 2.26. The molecule has 1 heterocycles. The quantitative estimate of drug-likeness (QED) is 0.171. The Kier molecular flexibility index (Phi) is 7.91. The van der Waals surface area contributed by atoms with E-state index in [0.717, 1.165) is 88.4 Å². The molecule has 0 N–H and O–H groups in total. The lowest BCUT2D eigenvalue weighted by molar-refractivity contribution is 1.18. The Bertz CT molecular complexity index is 3100. The van der Waals surface area contributed by atoms with Crippen LogP contribution >= 0.6 is 11.6 Å². The Morgan fingerprint density at radius 1 is 0.491 bits per heavy atom. The molecule has 0 radical (unpaired) electrons. The van der Waals surface area contributed by atoms with Gasteiger partial charge in [0.2, 0.25) is 0 Å². The van der Waals surface area contributed by atoms with Crippen molar-refractivity contribution in [2.24, 2.45) is 0 Å². The van der Waals surface area contributed by atoms with E-state index in [1.807, 2.05) is 24.3 Å². The fourth-order valence-electron chi connectivity index (χ4n) is 8.28. The largest absolute Gasteiger partial charge is 0.310 e. The zero-order valence-electron chi connectivity index (χ0n) is 29.7. The summed E-state index contributed by atoms with van der Waals surface area (Å²) in [6.07, 6.45) is 0. The fourth-order valence-corrected chi connectivity index (χ4v) is 8.51. The highest BCUT2D eigenvalue weighted by atomic mass is 35.5. The zero-order chi connectivity index (χ0) is 36.9. The Labute approximate surface area is 324 Å². The molecule has 3 nitrogen and oxygen atoms in total. The Hall–Kier alpha value is -7.12. The standard InChI is InChI=1S/C51H32ClN3/c52-38-30-37(31-41(32-38)54(39-18-5-2-6-19-39)47-25-13-17-36-16-7-8-20-42(36)47)49-44-22-10-9-21-43(44)46(33-53)51-50(49)45-23-11-12-24-48(45)55(51)40-28-26-35(27-29-40)34-14-3-1-4-15-34/h1-32H. The molecule has 258 valence electrons. The molecule has 10 aromatic rings. The Morgan fingerprint density at radius 3 is 1.87 bits per heavy atom. The normalized spacial score (nSPS) is 11.3. The average molecular weight is 722 g/mol. The van der Waals surface area contributed by atoms with Crippen LogP contribution in [0.3, 0.4) is 0 Å². The van der Waals surface area contributed by atoms with Crippen molar-refractivity contribution in [2.75, 3.05) is 4.90 Å². The van der Waals surface area contributed by atoms with Gasteiger partial charge >= 0.3 is 0 Å². The summed E-state index contributed by atoms with van der Waals surface area (Å²) in [7, 11) is 0. The van der Waals surface area contributed by atoms with Gasteiger partial charge in [-0.3, -0.25) is 0 Å². The molecule has 0 fully saturated rings. The maximum Gasteiger partial charge on any atom is 0.102 e. The number of nitriles is 1. The first-order valence-corrected chi connectivity index (χ1v) is 18.7. The van der Waals surface area contributed by atoms with E-state index in [-0.39, 0.29) is 0 Å². The Morgan fingerprint density at radius 2 is 1.11 bits per heavy atom. The predicted molar refractivity (Wildman–Crippen MR) is 231 cm³/mol.